The number of aldehydes is 1. The summed E-state index contributed by atoms with van der Waals surface area (Å²) in [5, 5.41) is 0. The van der Waals surface area contributed by atoms with Crippen molar-refractivity contribution in [1.82, 2.24) is 0 Å². The molecule has 100 valence electrons. The molecule has 0 aromatic rings. The summed E-state index contributed by atoms with van der Waals surface area (Å²) in [6.45, 7) is 3.78. The van der Waals surface area contributed by atoms with Gasteiger partial charge in [0.1, 0.15) is 12.1 Å². The molecule has 0 bridgehead atoms. The lowest BCUT2D eigenvalue weighted by molar-refractivity contribution is -0.152. The SMILES string of the molecule is COC(=O)[C@@]1(C)C[C@@H]2CC(=O)[C@@](C)(CC=O)[C@@H]2C1. The van der Waals surface area contributed by atoms with Crippen molar-refractivity contribution in [3.05, 3.63) is 0 Å². The fraction of sp³-hybridized carbons (Fsp3) is 0.786. The van der Waals surface area contributed by atoms with Crippen LogP contribution >= 0.6 is 0 Å². The Morgan fingerprint density at radius 2 is 2.11 bits per heavy atom. The molecule has 0 unspecified atom stereocenters. The summed E-state index contributed by atoms with van der Waals surface area (Å²) < 4.78 is 4.86. The van der Waals surface area contributed by atoms with Crippen molar-refractivity contribution in [1.29, 1.82) is 0 Å². The zero-order valence-electron chi connectivity index (χ0n) is 11.2. The maximum absolute atomic E-state index is 12.1. The van der Waals surface area contributed by atoms with Gasteiger partial charge in [0.05, 0.1) is 12.5 Å². The molecular formula is C14H20O4. The molecule has 18 heavy (non-hydrogen) atoms. The first-order chi connectivity index (χ1) is 8.37. The second-order valence-electron chi connectivity index (χ2n) is 6.24. The number of rotatable bonds is 3. The molecule has 2 saturated carbocycles. The van der Waals surface area contributed by atoms with Crippen LogP contribution in [-0.4, -0.2) is 25.1 Å². The van der Waals surface area contributed by atoms with E-state index < -0.39 is 10.8 Å². The summed E-state index contributed by atoms with van der Waals surface area (Å²) in [7, 11) is 1.40. The number of methoxy groups -OCH3 is 1. The molecule has 2 aliphatic carbocycles. The summed E-state index contributed by atoms with van der Waals surface area (Å²) >= 11 is 0. The van der Waals surface area contributed by atoms with Crippen LogP contribution in [0.2, 0.25) is 0 Å². The van der Waals surface area contributed by atoms with Crippen LogP contribution in [0, 0.1) is 22.7 Å². The van der Waals surface area contributed by atoms with Crippen LogP contribution in [0.4, 0.5) is 0 Å². The van der Waals surface area contributed by atoms with Gasteiger partial charge in [-0.1, -0.05) is 6.92 Å². The highest BCUT2D eigenvalue weighted by atomic mass is 16.5. The van der Waals surface area contributed by atoms with Crippen LogP contribution in [0.15, 0.2) is 0 Å². The van der Waals surface area contributed by atoms with Crippen molar-refractivity contribution < 1.29 is 19.1 Å². The molecule has 0 amide bonds. The highest BCUT2D eigenvalue weighted by Gasteiger charge is 2.60. The van der Waals surface area contributed by atoms with E-state index in [1.54, 1.807) is 0 Å². The number of fused-ring (bicyclic) bond motifs is 1. The average Bonchev–Trinajstić information content (AvgIpc) is 2.76. The summed E-state index contributed by atoms with van der Waals surface area (Å²) in [6.07, 6.45) is 2.95. The van der Waals surface area contributed by atoms with Crippen LogP contribution in [0.25, 0.3) is 0 Å². The van der Waals surface area contributed by atoms with Gasteiger partial charge in [0.15, 0.2) is 0 Å². The van der Waals surface area contributed by atoms with E-state index in [9.17, 15) is 14.4 Å². The minimum atomic E-state index is -0.571. The molecule has 2 aliphatic rings. The zero-order chi connectivity index (χ0) is 13.6. The van der Waals surface area contributed by atoms with Crippen LogP contribution in [-0.2, 0) is 19.1 Å². The van der Waals surface area contributed by atoms with E-state index in [-0.39, 0.29) is 30.0 Å². The molecule has 0 aromatic carbocycles. The third-order valence-electron chi connectivity index (χ3n) is 5.04. The first-order valence-corrected chi connectivity index (χ1v) is 6.43. The highest BCUT2D eigenvalue weighted by molar-refractivity contribution is 5.90. The molecule has 0 saturated heterocycles. The number of carbonyl (C=O) groups is 3. The average molecular weight is 252 g/mol. The molecule has 4 heteroatoms. The van der Waals surface area contributed by atoms with E-state index in [2.05, 4.69) is 0 Å². The lowest BCUT2D eigenvalue weighted by atomic mass is 9.73. The van der Waals surface area contributed by atoms with Crippen molar-refractivity contribution in [2.45, 2.75) is 39.5 Å². The standard InChI is InChI=1S/C14H20O4/c1-13(12(17)18-3)7-9-6-11(16)14(2,4-5-15)10(9)8-13/h5,9-10H,4,6-8H2,1-3H3/t9-,10+,13-,14-/m0/s1. The number of hydrogen-bond donors (Lipinski definition) is 0. The fourth-order valence-corrected chi connectivity index (χ4v) is 3.95. The molecule has 0 radical (unpaired) electrons. The van der Waals surface area contributed by atoms with Crippen LogP contribution in [0.5, 0.6) is 0 Å². The molecule has 0 aliphatic heterocycles. The Labute approximate surface area is 107 Å². The lowest BCUT2D eigenvalue weighted by Gasteiger charge is -2.29. The monoisotopic (exact) mass is 252 g/mol. The van der Waals surface area contributed by atoms with Gasteiger partial charge in [0, 0.05) is 18.3 Å². The second kappa shape index (κ2) is 4.18. The van der Waals surface area contributed by atoms with Gasteiger partial charge in [-0.2, -0.15) is 0 Å². The third kappa shape index (κ3) is 1.70. The van der Waals surface area contributed by atoms with E-state index in [4.69, 9.17) is 4.74 Å². The van der Waals surface area contributed by atoms with Gasteiger partial charge in [0.2, 0.25) is 0 Å². The Morgan fingerprint density at radius 3 is 2.67 bits per heavy atom. The minimum Gasteiger partial charge on any atom is -0.469 e. The normalized spacial score (nSPS) is 42.7. The highest BCUT2D eigenvalue weighted by Crippen LogP contribution is 2.59. The van der Waals surface area contributed by atoms with Gasteiger partial charge >= 0.3 is 5.97 Å². The predicted molar refractivity (Wildman–Crippen MR) is 64.7 cm³/mol. The molecular weight excluding hydrogens is 232 g/mol. The number of ether oxygens (including phenoxy) is 1. The van der Waals surface area contributed by atoms with Crippen LogP contribution in [0.3, 0.4) is 0 Å². The Bertz CT molecular complexity index is 403. The van der Waals surface area contributed by atoms with Crippen LogP contribution in [0.1, 0.15) is 39.5 Å². The summed E-state index contributed by atoms with van der Waals surface area (Å²) in [4.78, 5) is 34.7. The first-order valence-electron chi connectivity index (χ1n) is 6.43. The second-order valence-corrected chi connectivity index (χ2v) is 6.24. The first kappa shape index (κ1) is 13.2. The molecule has 0 N–H and O–H groups in total. The zero-order valence-corrected chi connectivity index (χ0v) is 11.2. The van der Waals surface area contributed by atoms with Crippen molar-refractivity contribution >= 4 is 18.0 Å². The Morgan fingerprint density at radius 1 is 1.44 bits per heavy atom. The molecule has 2 fully saturated rings. The summed E-state index contributed by atoms with van der Waals surface area (Å²) in [5.41, 5.74) is -1.06. The van der Waals surface area contributed by atoms with Crippen molar-refractivity contribution in [3.63, 3.8) is 0 Å². The Hall–Kier alpha value is -1.19. The maximum atomic E-state index is 12.1. The number of ketones is 1. The van der Waals surface area contributed by atoms with Gasteiger partial charge in [-0.05, 0) is 31.6 Å². The van der Waals surface area contributed by atoms with Crippen LogP contribution < -0.4 is 0 Å². The largest absolute Gasteiger partial charge is 0.469 e. The molecule has 0 aromatic heterocycles. The Kier molecular flexibility index (Phi) is 3.07. The Balaban J connectivity index is 2.25. The van der Waals surface area contributed by atoms with E-state index in [0.717, 1.165) is 6.29 Å². The topological polar surface area (TPSA) is 60.4 Å². The molecule has 4 atom stereocenters. The fourth-order valence-electron chi connectivity index (χ4n) is 3.95. The minimum absolute atomic E-state index is 0.138. The number of hydrogen-bond acceptors (Lipinski definition) is 4. The molecule has 0 spiro atoms. The van der Waals surface area contributed by atoms with Gasteiger partial charge in [-0.3, -0.25) is 9.59 Å². The van der Waals surface area contributed by atoms with Gasteiger partial charge < -0.3 is 9.53 Å². The van der Waals surface area contributed by atoms with E-state index in [0.29, 0.717) is 19.3 Å². The summed E-state index contributed by atoms with van der Waals surface area (Å²) in [6, 6.07) is 0. The van der Waals surface area contributed by atoms with E-state index in [1.807, 2.05) is 13.8 Å². The van der Waals surface area contributed by atoms with E-state index in [1.165, 1.54) is 7.11 Å². The third-order valence-corrected chi connectivity index (χ3v) is 5.04. The molecule has 4 nitrogen and oxygen atoms in total. The van der Waals surface area contributed by atoms with Crippen molar-refractivity contribution in [2.24, 2.45) is 22.7 Å². The van der Waals surface area contributed by atoms with E-state index >= 15 is 0 Å². The number of esters is 1. The molecule has 0 heterocycles. The molecule has 2 rings (SSSR count). The van der Waals surface area contributed by atoms with Crippen molar-refractivity contribution in [3.8, 4) is 0 Å². The van der Waals surface area contributed by atoms with Gasteiger partial charge in [0.25, 0.3) is 0 Å². The summed E-state index contributed by atoms with van der Waals surface area (Å²) in [5.74, 6) is 0.347. The smallest absolute Gasteiger partial charge is 0.311 e. The van der Waals surface area contributed by atoms with Gasteiger partial charge in [-0.15, -0.1) is 0 Å². The van der Waals surface area contributed by atoms with Gasteiger partial charge in [-0.25, -0.2) is 0 Å². The number of Topliss-reactive ketones (excluding diaryl/α,β-unsaturated/α-hetero) is 1. The lowest BCUT2D eigenvalue weighted by Crippen LogP contribution is -2.33. The maximum Gasteiger partial charge on any atom is 0.311 e. The number of carbonyl (C=O) groups excluding carboxylic acids is 3. The predicted octanol–water partition coefficient (Wildman–Crippen LogP) is 1.76. The van der Waals surface area contributed by atoms with Crippen molar-refractivity contribution in [2.75, 3.05) is 7.11 Å². The quantitative estimate of drug-likeness (QED) is 0.567.